The maximum Gasteiger partial charge on any atom is 0.246 e. The van der Waals surface area contributed by atoms with Gasteiger partial charge in [-0.2, -0.15) is 0 Å². The summed E-state index contributed by atoms with van der Waals surface area (Å²) in [5, 5.41) is -0.531. The first-order valence-corrected chi connectivity index (χ1v) is 9.52. The van der Waals surface area contributed by atoms with Crippen molar-refractivity contribution in [2.45, 2.75) is 17.4 Å². The first-order valence-electron chi connectivity index (χ1n) is 7.80. The molecule has 1 amide bonds. The van der Waals surface area contributed by atoms with E-state index in [9.17, 15) is 13.2 Å². The quantitative estimate of drug-likeness (QED) is 0.781. The highest BCUT2D eigenvalue weighted by atomic mass is 32.2. The molecule has 0 saturated carbocycles. The summed E-state index contributed by atoms with van der Waals surface area (Å²) >= 11 is 0. The van der Waals surface area contributed by atoms with E-state index in [-0.39, 0.29) is 18.2 Å². The molecule has 0 radical (unpaired) electrons. The van der Waals surface area contributed by atoms with Crippen molar-refractivity contribution >= 4 is 21.8 Å². The monoisotopic (exact) mass is 345 g/mol. The van der Waals surface area contributed by atoms with Crippen LogP contribution in [0, 0.1) is 0 Å². The highest BCUT2D eigenvalue weighted by Gasteiger charge is 2.34. The molecule has 1 aromatic carbocycles. The fourth-order valence-corrected chi connectivity index (χ4v) is 4.44. The number of rotatable bonds is 5. The molecule has 1 aliphatic heterocycles. The van der Waals surface area contributed by atoms with Gasteiger partial charge < -0.3 is 9.32 Å². The lowest BCUT2D eigenvalue weighted by molar-refractivity contribution is -0.124. The Morgan fingerprint density at radius 3 is 2.71 bits per heavy atom. The standard InChI is InChI=1S/C18H19NO4S/c20-18(9-8-15-5-2-1-3-6-15)19-11-10-17(13-19)24(21,22)14-16-7-4-12-23-16/h1-9,12,17H,10-11,13-14H2/b9-8+. The molecule has 1 atom stereocenters. The van der Waals surface area contributed by atoms with Crippen molar-refractivity contribution in [1.29, 1.82) is 0 Å². The summed E-state index contributed by atoms with van der Waals surface area (Å²) < 4.78 is 30.0. The molecule has 6 heteroatoms. The molecule has 3 rings (SSSR count). The summed E-state index contributed by atoms with van der Waals surface area (Å²) in [4.78, 5) is 13.8. The lowest BCUT2D eigenvalue weighted by Gasteiger charge is -2.14. The van der Waals surface area contributed by atoms with Crippen LogP contribution in [0.2, 0.25) is 0 Å². The Morgan fingerprint density at radius 1 is 1.21 bits per heavy atom. The lowest BCUT2D eigenvalue weighted by atomic mass is 10.2. The maximum absolute atomic E-state index is 12.4. The summed E-state index contributed by atoms with van der Waals surface area (Å²) in [7, 11) is -3.33. The van der Waals surface area contributed by atoms with Gasteiger partial charge in [-0.1, -0.05) is 30.3 Å². The van der Waals surface area contributed by atoms with Gasteiger partial charge in [-0.25, -0.2) is 8.42 Å². The Kier molecular flexibility index (Phi) is 4.85. The van der Waals surface area contributed by atoms with Gasteiger partial charge in [0, 0.05) is 19.2 Å². The number of carbonyl (C=O) groups is 1. The molecule has 24 heavy (non-hydrogen) atoms. The first-order chi connectivity index (χ1) is 11.5. The zero-order chi connectivity index (χ0) is 17.0. The molecule has 1 unspecified atom stereocenters. The van der Waals surface area contributed by atoms with E-state index in [0.717, 1.165) is 5.56 Å². The second kappa shape index (κ2) is 7.05. The molecule has 1 saturated heterocycles. The SMILES string of the molecule is O=C(/C=C/c1ccccc1)N1CCC(S(=O)(=O)Cc2ccco2)C1. The minimum atomic E-state index is -3.33. The van der Waals surface area contributed by atoms with Gasteiger partial charge in [-0.05, 0) is 30.2 Å². The lowest BCUT2D eigenvalue weighted by Crippen LogP contribution is -2.31. The number of hydrogen-bond acceptors (Lipinski definition) is 4. The normalized spacial score (nSPS) is 18.3. The van der Waals surface area contributed by atoms with E-state index in [1.807, 2.05) is 30.3 Å². The number of likely N-dealkylation sites (tertiary alicyclic amines) is 1. The van der Waals surface area contributed by atoms with Gasteiger partial charge in [0.2, 0.25) is 5.91 Å². The number of nitrogens with zero attached hydrogens (tertiary/aromatic N) is 1. The zero-order valence-corrected chi connectivity index (χ0v) is 14.0. The van der Waals surface area contributed by atoms with Crippen LogP contribution in [0.4, 0.5) is 0 Å². The second-order valence-corrected chi connectivity index (χ2v) is 8.11. The van der Waals surface area contributed by atoms with Crippen molar-refractivity contribution < 1.29 is 17.6 Å². The van der Waals surface area contributed by atoms with Gasteiger partial charge in [-0.3, -0.25) is 4.79 Å². The van der Waals surface area contributed by atoms with Crippen molar-refractivity contribution in [2.24, 2.45) is 0 Å². The predicted octanol–water partition coefficient (Wildman–Crippen LogP) is 2.51. The van der Waals surface area contributed by atoms with Gasteiger partial charge in [0.05, 0.1) is 11.5 Å². The number of benzene rings is 1. The Balaban J connectivity index is 1.60. The number of hydrogen-bond donors (Lipinski definition) is 0. The Hall–Kier alpha value is -2.34. The maximum atomic E-state index is 12.4. The Bertz CT molecular complexity index is 810. The molecule has 5 nitrogen and oxygen atoms in total. The molecule has 2 heterocycles. The molecule has 1 aliphatic rings. The van der Waals surface area contributed by atoms with Gasteiger partial charge >= 0.3 is 0 Å². The van der Waals surface area contributed by atoms with Crippen molar-refractivity contribution in [1.82, 2.24) is 4.90 Å². The van der Waals surface area contributed by atoms with Crippen LogP contribution < -0.4 is 0 Å². The third-order valence-corrected chi connectivity index (χ3v) is 6.19. The summed E-state index contributed by atoms with van der Waals surface area (Å²) in [6, 6.07) is 12.8. The molecule has 0 N–H and O–H groups in total. The molecule has 0 aliphatic carbocycles. The van der Waals surface area contributed by atoms with Gasteiger partial charge in [0.15, 0.2) is 9.84 Å². The predicted molar refractivity (Wildman–Crippen MR) is 91.8 cm³/mol. The van der Waals surface area contributed by atoms with E-state index >= 15 is 0 Å². The van der Waals surface area contributed by atoms with Crippen LogP contribution >= 0.6 is 0 Å². The van der Waals surface area contributed by atoms with Crippen LogP contribution in [0.15, 0.2) is 59.2 Å². The van der Waals surface area contributed by atoms with E-state index in [1.54, 1.807) is 23.1 Å². The first kappa shape index (κ1) is 16.5. The van der Waals surface area contributed by atoms with Crippen molar-refractivity contribution in [3.8, 4) is 0 Å². The van der Waals surface area contributed by atoms with E-state index in [4.69, 9.17) is 4.42 Å². The van der Waals surface area contributed by atoms with Crippen LogP contribution in [-0.2, 0) is 20.4 Å². The van der Waals surface area contributed by atoms with E-state index < -0.39 is 15.1 Å². The van der Waals surface area contributed by atoms with Crippen LogP contribution in [0.5, 0.6) is 0 Å². The highest BCUT2D eigenvalue weighted by molar-refractivity contribution is 7.91. The molecule has 0 bridgehead atoms. The molecule has 0 spiro atoms. The van der Waals surface area contributed by atoms with Crippen LogP contribution in [0.1, 0.15) is 17.7 Å². The van der Waals surface area contributed by atoms with Gasteiger partial charge in [0.1, 0.15) is 11.5 Å². The summed E-state index contributed by atoms with van der Waals surface area (Å²) in [5.41, 5.74) is 0.937. The highest BCUT2D eigenvalue weighted by Crippen LogP contribution is 2.21. The van der Waals surface area contributed by atoms with Crippen LogP contribution in [0.25, 0.3) is 6.08 Å². The fraction of sp³-hybridized carbons (Fsp3) is 0.278. The van der Waals surface area contributed by atoms with Gasteiger partial charge in [0.25, 0.3) is 0 Å². The van der Waals surface area contributed by atoms with Crippen molar-refractivity contribution in [2.75, 3.05) is 13.1 Å². The summed E-state index contributed by atoms with van der Waals surface area (Å²) in [6.07, 6.45) is 5.17. The van der Waals surface area contributed by atoms with Crippen LogP contribution in [0.3, 0.4) is 0 Å². The van der Waals surface area contributed by atoms with E-state index in [0.29, 0.717) is 18.7 Å². The summed E-state index contributed by atoms with van der Waals surface area (Å²) in [5.74, 6) is 0.158. The van der Waals surface area contributed by atoms with Crippen molar-refractivity contribution in [3.63, 3.8) is 0 Å². The molecular weight excluding hydrogens is 326 g/mol. The molecule has 126 valence electrons. The molecular formula is C18H19NO4S. The average Bonchev–Trinajstić information content (AvgIpc) is 3.25. The zero-order valence-electron chi connectivity index (χ0n) is 13.2. The topological polar surface area (TPSA) is 67.6 Å². The number of furan rings is 1. The minimum Gasteiger partial charge on any atom is -0.468 e. The number of carbonyl (C=O) groups excluding carboxylic acids is 1. The number of amides is 1. The fourth-order valence-electron chi connectivity index (χ4n) is 2.77. The second-order valence-electron chi connectivity index (χ2n) is 5.83. The van der Waals surface area contributed by atoms with Crippen molar-refractivity contribution in [3.05, 3.63) is 66.1 Å². The van der Waals surface area contributed by atoms with Gasteiger partial charge in [-0.15, -0.1) is 0 Å². The number of sulfone groups is 1. The molecule has 2 aromatic rings. The largest absolute Gasteiger partial charge is 0.468 e. The molecule has 1 fully saturated rings. The van der Waals surface area contributed by atoms with Crippen LogP contribution in [-0.4, -0.2) is 37.6 Å². The minimum absolute atomic E-state index is 0.119. The third-order valence-electron chi connectivity index (χ3n) is 4.11. The van der Waals surface area contributed by atoms with E-state index in [1.165, 1.54) is 12.3 Å². The summed E-state index contributed by atoms with van der Waals surface area (Å²) in [6.45, 7) is 0.695. The Morgan fingerprint density at radius 2 is 2.00 bits per heavy atom. The smallest absolute Gasteiger partial charge is 0.246 e. The Labute approximate surface area is 141 Å². The van der Waals surface area contributed by atoms with E-state index in [2.05, 4.69) is 0 Å². The average molecular weight is 345 g/mol. The third kappa shape index (κ3) is 3.94. The molecule has 1 aromatic heterocycles.